The standard InChI is InChI=1S/C15H12ClFN2O/c16-11-3-5-12(6-4-11)19-15(18)8-2-10-1-7-13(20)9-14(10)17/h1-9,20H,(H2,18,19)/b8-2+. The summed E-state index contributed by atoms with van der Waals surface area (Å²) in [5, 5.41) is 9.72. The topological polar surface area (TPSA) is 58.6 Å². The minimum Gasteiger partial charge on any atom is -0.508 e. The molecule has 0 aliphatic rings. The maximum atomic E-state index is 13.5. The van der Waals surface area contributed by atoms with E-state index in [0.29, 0.717) is 16.3 Å². The molecular weight excluding hydrogens is 279 g/mol. The number of aliphatic imine (C=N–C) groups is 1. The van der Waals surface area contributed by atoms with Crippen molar-refractivity contribution < 1.29 is 9.50 Å². The number of aromatic hydroxyl groups is 1. The zero-order chi connectivity index (χ0) is 14.5. The van der Waals surface area contributed by atoms with Crippen LogP contribution in [0, 0.1) is 5.82 Å². The molecule has 2 rings (SSSR count). The van der Waals surface area contributed by atoms with Gasteiger partial charge in [-0.15, -0.1) is 0 Å². The van der Waals surface area contributed by atoms with Crippen LogP contribution in [0.3, 0.4) is 0 Å². The van der Waals surface area contributed by atoms with Gasteiger partial charge in [0.15, 0.2) is 0 Å². The SMILES string of the molecule is NC(/C=C/c1ccc(O)cc1F)=Nc1ccc(Cl)cc1. The van der Waals surface area contributed by atoms with Gasteiger partial charge in [-0.1, -0.05) is 11.6 Å². The van der Waals surface area contributed by atoms with Gasteiger partial charge in [-0.2, -0.15) is 0 Å². The maximum Gasteiger partial charge on any atom is 0.134 e. The van der Waals surface area contributed by atoms with Crippen LogP contribution in [0.5, 0.6) is 5.75 Å². The lowest BCUT2D eigenvalue weighted by molar-refractivity contribution is 0.469. The molecule has 0 saturated carbocycles. The summed E-state index contributed by atoms with van der Waals surface area (Å²) in [6.45, 7) is 0. The summed E-state index contributed by atoms with van der Waals surface area (Å²) in [4.78, 5) is 4.14. The average Bonchev–Trinajstić information content (AvgIpc) is 2.40. The van der Waals surface area contributed by atoms with Gasteiger partial charge in [-0.05, 0) is 48.6 Å². The molecule has 0 amide bonds. The van der Waals surface area contributed by atoms with Gasteiger partial charge in [0, 0.05) is 16.7 Å². The summed E-state index contributed by atoms with van der Waals surface area (Å²) in [7, 11) is 0. The summed E-state index contributed by atoms with van der Waals surface area (Å²) in [6, 6.07) is 10.8. The molecule has 0 aliphatic carbocycles. The normalized spacial score (nSPS) is 12.0. The minimum atomic E-state index is -0.527. The molecule has 2 aromatic carbocycles. The second-order valence-electron chi connectivity index (χ2n) is 4.05. The second kappa shape index (κ2) is 6.21. The highest BCUT2D eigenvalue weighted by molar-refractivity contribution is 6.30. The molecule has 3 N–H and O–H groups in total. The van der Waals surface area contributed by atoms with Crippen molar-refractivity contribution in [1.82, 2.24) is 0 Å². The summed E-state index contributed by atoms with van der Waals surface area (Å²) in [6.07, 6.45) is 2.98. The fourth-order valence-corrected chi connectivity index (χ4v) is 1.65. The van der Waals surface area contributed by atoms with Crippen molar-refractivity contribution >= 4 is 29.2 Å². The highest BCUT2D eigenvalue weighted by Gasteiger charge is 1.99. The van der Waals surface area contributed by atoms with Gasteiger partial charge in [0.05, 0.1) is 5.69 Å². The Kier molecular flexibility index (Phi) is 4.38. The molecule has 20 heavy (non-hydrogen) atoms. The van der Waals surface area contributed by atoms with Crippen LogP contribution in [0.15, 0.2) is 53.5 Å². The fraction of sp³-hybridized carbons (Fsp3) is 0. The summed E-state index contributed by atoms with van der Waals surface area (Å²) < 4.78 is 13.5. The molecule has 5 heteroatoms. The molecule has 0 saturated heterocycles. The van der Waals surface area contributed by atoms with Crippen molar-refractivity contribution in [2.24, 2.45) is 10.7 Å². The summed E-state index contributed by atoms with van der Waals surface area (Å²) >= 11 is 5.76. The monoisotopic (exact) mass is 290 g/mol. The number of halogens is 2. The summed E-state index contributed by atoms with van der Waals surface area (Å²) in [5.74, 6) is -0.414. The van der Waals surface area contributed by atoms with E-state index in [-0.39, 0.29) is 11.6 Å². The van der Waals surface area contributed by atoms with Crippen LogP contribution in [-0.4, -0.2) is 10.9 Å². The Morgan fingerprint density at radius 1 is 1.20 bits per heavy atom. The van der Waals surface area contributed by atoms with Crippen molar-refractivity contribution in [2.45, 2.75) is 0 Å². The van der Waals surface area contributed by atoms with E-state index in [1.807, 2.05) is 0 Å². The number of hydrogen-bond donors (Lipinski definition) is 2. The lowest BCUT2D eigenvalue weighted by Crippen LogP contribution is -2.06. The van der Waals surface area contributed by atoms with Gasteiger partial charge in [0.25, 0.3) is 0 Å². The molecule has 0 aromatic heterocycles. The van der Waals surface area contributed by atoms with E-state index in [0.717, 1.165) is 6.07 Å². The average molecular weight is 291 g/mol. The molecule has 0 unspecified atom stereocenters. The first-order valence-corrected chi connectivity index (χ1v) is 6.19. The molecular formula is C15H12ClFN2O. The van der Waals surface area contributed by atoms with Gasteiger partial charge >= 0.3 is 0 Å². The Labute approximate surface area is 120 Å². The molecule has 0 spiro atoms. The van der Waals surface area contributed by atoms with Crippen molar-refractivity contribution in [2.75, 3.05) is 0 Å². The largest absolute Gasteiger partial charge is 0.508 e. The third-order valence-electron chi connectivity index (χ3n) is 2.50. The fourth-order valence-electron chi connectivity index (χ4n) is 1.53. The molecule has 102 valence electrons. The molecule has 3 nitrogen and oxygen atoms in total. The number of phenols is 1. The van der Waals surface area contributed by atoms with Crippen LogP contribution >= 0.6 is 11.6 Å². The van der Waals surface area contributed by atoms with E-state index in [1.54, 1.807) is 24.3 Å². The van der Waals surface area contributed by atoms with Gasteiger partial charge < -0.3 is 10.8 Å². The van der Waals surface area contributed by atoms with E-state index in [1.165, 1.54) is 24.3 Å². The molecule has 0 atom stereocenters. The van der Waals surface area contributed by atoms with E-state index in [9.17, 15) is 4.39 Å². The first-order chi connectivity index (χ1) is 9.54. The van der Waals surface area contributed by atoms with Crippen molar-refractivity contribution in [3.8, 4) is 5.75 Å². The van der Waals surface area contributed by atoms with Gasteiger partial charge in [-0.3, -0.25) is 0 Å². The third-order valence-corrected chi connectivity index (χ3v) is 2.75. The van der Waals surface area contributed by atoms with Crippen LogP contribution in [0.4, 0.5) is 10.1 Å². The number of rotatable bonds is 3. The molecule has 2 aromatic rings. The predicted molar refractivity (Wildman–Crippen MR) is 79.8 cm³/mol. The smallest absolute Gasteiger partial charge is 0.134 e. The molecule has 0 heterocycles. The lowest BCUT2D eigenvalue weighted by atomic mass is 10.2. The first-order valence-electron chi connectivity index (χ1n) is 5.81. The van der Waals surface area contributed by atoms with E-state index in [4.69, 9.17) is 22.4 Å². The number of benzene rings is 2. The Balaban J connectivity index is 2.16. The van der Waals surface area contributed by atoms with Crippen LogP contribution in [-0.2, 0) is 0 Å². The Morgan fingerprint density at radius 2 is 1.90 bits per heavy atom. The minimum absolute atomic E-state index is 0.123. The van der Waals surface area contributed by atoms with E-state index < -0.39 is 5.82 Å². The van der Waals surface area contributed by atoms with E-state index in [2.05, 4.69) is 4.99 Å². The highest BCUT2D eigenvalue weighted by Crippen LogP contribution is 2.17. The van der Waals surface area contributed by atoms with Crippen molar-refractivity contribution in [3.63, 3.8) is 0 Å². The predicted octanol–water partition coefficient (Wildman–Crippen LogP) is 3.89. The van der Waals surface area contributed by atoms with Gasteiger partial charge in [-0.25, -0.2) is 9.38 Å². The molecule has 0 fully saturated rings. The number of nitrogens with two attached hydrogens (primary N) is 1. The van der Waals surface area contributed by atoms with Crippen LogP contribution in [0.25, 0.3) is 6.08 Å². The van der Waals surface area contributed by atoms with Crippen molar-refractivity contribution in [3.05, 3.63) is 64.9 Å². The Hall–Kier alpha value is -2.33. The van der Waals surface area contributed by atoms with Gasteiger partial charge in [0.2, 0.25) is 0 Å². The lowest BCUT2D eigenvalue weighted by Gasteiger charge is -1.98. The quantitative estimate of drug-likeness (QED) is 0.665. The number of nitrogens with zero attached hydrogens (tertiary/aromatic N) is 1. The molecule has 0 aliphatic heterocycles. The maximum absolute atomic E-state index is 13.5. The number of phenolic OH excluding ortho intramolecular Hbond substituents is 1. The first kappa shape index (κ1) is 14.1. The zero-order valence-corrected chi connectivity index (χ0v) is 11.2. The third kappa shape index (κ3) is 3.83. The Bertz CT molecular complexity index is 666. The van der Waals surface area contributed by atoms with Gasteiger partial charge in [0.1, 0.15) is 17.4 Å². The van der Waals surface area contributed by atoms with E-state index >= 15 is 0 Å². The number of hydrogen-bond acceptors (Lipinski definition) is 2. The second-order valence-corrected chi connectivity index (χ2v) is 4.49. The van der Waals surface area contributed by atoms with Crippen LogP contribution < -0.4 is 5.73 Å². The highest BCUT2D eigenvalue weighted by atomic mass is 35.5. The van der Waals surface area contributed by atoms with Crippen LogP contribution in [0.2, 0.25) is 5.02 Å². The Morgan fingerprint density at radius 3 is 2.55 bits per heavy atom. The zero-order valence-electron chi connectivity index (χ0n) is 10.4. The molecule has 0 radical (unpaired) electrons. The molecule has 0 bridgehead atoms. The van der Waals surface area contributed by atoms with Crippen LogP contribution in [0.1, 0.15) is 5.56 Å². The summed E-state index contributed by atoms with van der Waals surface area (Å²) in [5.41, 5.74) is 6.70. The van der Waals surface area contributed by atoms with Crippen molar-refractivity contribution in [1.29, 1.82) is 0 Å². The number of amidine groups is 1.